The van der Waals surface area contributed by atoms with Crippen molar-refractivity contribution in [2.75, 3.05) is 39.0 Å². The molecule has 0 spiro atoms. The number of piperazine rings is 1. The van der Waals surface area contributed by atoms with Gasteiger partial charge in [0.2, 0.25) is 10.0 Å². The van der Waals surface area contributed by atoms with Crippen molar-refractivity contribution in [1.29, 1.82) is 0 Å². The van der Waals surface area contributed by atoms with Gasteiger partial charge in [0.25, 0.3) is 0 Å². The Kier molecular flexibility index (Phi) is 3.92. The predicted octanol–water partition coefficient (Wildman–Crippen LogP) is 0.0246. The molecule has 0 aromatic heterocycles. The third kappa shape index (κ3) is 2.91. The van der Waals surface area contributed by atoms with Crippen molar-refractivity contribution in [1.82, 2.24) is 9.21 Å². The summed E-state index contributed by atoms with van der Waals surface area (Å²) in [4.78, 5) is 2.24. The first-order valence-electron chi connectivity index (χ1n) is 7.13. The van der Waals surface area contributed by atoms with Crippen molar-refractivity contribution in [3.63, 3.8) is 0 Å². The van der Waals surface area contributed by atoms with Crippen LogP contribution in [0.3, 0.4) is 0 Å². The van der Waals surface area contributed by atoms with Gasteiger partial charge < -0.3 is 10.5 Å². The highest BCUT2D eigenvalue weighted by Crippen LogP contribution is 2.32. The lowest BCUT2D eigenvalue weighted by Crippen LogP contribution is -2.56. The molecule has 0 amide bonds. The lowest BCUT2D eigenvalue weighted by molar-refractivity contribution is 0.0705. The first-order chi connectivity index (χ1) is 9.97. The maximum Gasteiger partial charge on any atom is 0.211 e. The Morgan fingerprint density at radius 1 is 1.19 bits per heavy atom. The van der Waals surface area contributed by atoms with Gasteiger partial charge in [0, 0.05) is 31.7 Å². The number of sulfonamides is 1. The fourth-order valence-corrected chi connectivity index (χ4v) is 3.90. The number of fused-ring (bicyclic) bond motifs is 1. The zero-order chi connectivity index (χ0) is 15.0. The van der Waals surface area contributed by atoms with Crippen LogP contribution in [0.15, 0.2) is 24.3 Å². The standard InChI is InChI=1S/C14H21N3O3S/c1-21(18,19)17-8-6-16(7-9-17)12-10-20-13-5-3-2-4-11(13)14(12)15/h2-5,12,14H,6-10,15H2,1H3. The zero-order valence-electron chi connectivity index (χ0n) is 12.1. The number of ether oxygens (including phenoxy) is 1. The molecule has 2 heterocycles. The minimum absolute atomic E-state index is 0.0975. The Morgan fingerprint density at radius 3 is 2.52 bits per heavy atom. The van der Waals surface area contributed by atoms with Crippen LogP contribution in [0.1, 0.15) is 11.6 Å². The predicted molar refractivity (Wildman–Crippen MR) is 80.6 cm³/mol. The van der Waals surface area contributed by atoms with Gasteiger partial charge in [-0.05, 0) is 6.07 Å². The summed E-state index contributed by atoms with van der Waals surface area (Å²) in [5.41, 5.74) is 7.42. The molecule has 21 heavy (non-hydrogen) atoms. The minimum Gasteiger partial charge on any atom is -0.492 e. The Labute approximate surface area is 125 Å². The van der Waals surface area contributed by atoms with Crippen LogP contribution in [0.2, 0.25) is 0 Å². The quantitative estimate of drug-likeness (QED) is 0.833. The van der Waals surface area contributed by atoms with Gasteiger partial charge >= 0.3 is 0 Å². The summed E-state index contributed by atoms with van der Waals surface area (Å²) in [6.07, 6.45) is 1.26. The highest BCUT2D eigenvalue weighted by Gasteiger charge is 2.35. The number of nitrogens with two attached hydrogens (primary N) is 1. The first kappa shape index (κ1) is 14.8. The van der Waals surface area contributed by atoms with Crippen molar-refractivity contribution >= 4 is 10.0 Å². The first-order valence-corrected chi connectivity index (χ1v) is 8.98. The molecule has 2 aliphatic rings. The molecule has 2 unspecified atom stereocenters. The molecule has 7 heteroatoms. The monoisotopic (exact) mass is 311 g/mol. The van der Waals surface area contributed by atoms with E-state index in [1.54, 1.807) is 0 Å². The maximum atomic E-state index is 11.6. The van der Waals surface area contributed by atoms with Gasteiger partial charge in [0.1, 0.15) is 12.4 Å². The summed E-state index contributed by atoms with van der Waals surface area (Å²) in [6, 6.07) is 7.84. The molecule has 2 aliphatic heterocycles. The van der Waals surface area contributed by atoms with Gasteiger partial charge in [-0.1, -0.05) is 18.2 Å². The fraction of sp³-hybridized carbons (Fsp3) is 0.571. The molecule has 2 atom stereocenters. The van der Waals surface area contributed by atoms with Crippen LogP contribution in [0, 0.1) is 0 Å². The molecule has 0 saturated carbocycles. The Bertz CT molecular complexity index is 612. The molecular formula is C14H21N3O3S. The highest BCUT2D eigenvalue weighted by molar-refractivity contribution is 7.88. The average Bonchev–Trinajstić information content (AvgIpc) is 2.47. The van der Waals surface area contributed by atoms with E-state index in [9.17, 15) is 8.42 Å². The van der Waals surface area contributed by atoms with E-state index in [1.807, 2.05) is 24.3 Å². The smallest absolute Gasteiger partial charge is 0.211 e. The van der Waals surface area contributed by atoms with Crippen molar-refractivity contribution in [2.24, 2.45) is 5.73 Å². The molecule has 0 bridgehead atoms. The Balaban J connectivity index is 1.70. The number of hydrogen-bond donors (Lipinski definition) is 1. The number of para-hydroxylation sites is 1. The highest BCUT2D eigenvalue weighted by atomic mass is 32.2. The van der Waals surface area contributed by atoms with Crippen molar-refractivity contribution < 1.29 is 13.2 Å². The van der Waals surface area contributed by atoms with E-state index in [4.69, 9.17) is 10.5 Å². The Morgan fingerprint density at radius 2 is 1.86 bits per heavy atom. The van der Waals surface area contributed by atoms with Crippen LogP contribution in [-0.4, -0.2) is 62.7 Å². The van der Waals surface area contributed by atoms with E-state index in [-0.39, 0.29) is 12.1 Å². The van der Waals surface area contributed by atoms with Gasteiger partial charge in [-0.25, -0.2) is 8.42 Å². The van der Waals surface area contributed by atoms with Crippen LogP contribution in [0.4, 0.5) is 0 Å². The number of nitrogens with zero attached hydrogens (tertiary/aromatic N) is 2. The second-order valence-corrected chi connectivity index (χ2v) is 7.62. The zero-order valence-corrected chi connectivity index (χ0v) is 12.9. The SMILES string of the molecule is CS(=O)(=O)N1CCN(C2COc3ccccc3C2N)CC1. The molecule has 1 fully saturated rings. The van der Waals surface area contributed by atoms with Crippen molar-refractivity contribution in [2.45, 2.75) is 12.1 Å². The van der Waals surface area contributed by atoms with Crippen LogP contribution >= 0.6 is 0 Å². The third-order valence-electron chi connectivity index (χ3n) is 4.31. The summed E-state index contributed by atoms with van der Waals surface area (Å²) in [7, 11) is -3.10. The summed E-state index contributed by atoms with van der Waals surface area (Å²) in [6.45, 7) is 2.97. The maximum absolute atomic E-state index is 11.6. The largest absolute Gasteiger partial charge is 0.492 e. The molecule has 2 N–H and O–H groups in total. The van der Waals surface area contributed by atoms with Crippen LogP contribution in [-0.2, 0) is 10.0 Å². The van der Waals surface area contributed by atoms with Gasteiger partial charge in [-0.2, -0.15) is 4.31 Å². The van der Waals surface area contributed by atoms with E-state index in [1.165, 1.54) is 10.6 Å². The van der Waals surface area contributed by atoms with Crippen LogP contribution in [0.5, 0.6) is 5.75 Å². The van der Waals surface area contributed by atoms with Crippen molar-refractivity contribution in [3.8, 4) is 5.75 Å². The average molecular weight is 311 g/mol. The Hall–Kier alpha value is -1.15. The second-order valence-electron chi connectivity index (χ2n) is 5.64. The number of benzene rings is 1. The topological polar surface area (TPSA) is 75.9 Å². The lowest BCUT2D eigenvalue weighted by Gasteiger charge is -2.42. The summed E-state index contributed by atoms with van der Waals surface area (Å²) in [5.74, 6) is 0.857. The molecule has 116 valence electrons. The summed E-state index contributed by atoms with van der Waals surface area (Å²) < 4.78 is 30.4. The van der Waals surface area contributed by atoms with E-state index in [2.05, 4.69) is 4.90 Å². The van der Waals surface area contributed by atoms with Crippen LogP contribution < -0.4 is 10.5 Å². The molecule has 3 rings (SSSR count). The van der Waals surface area contributed by atoms with E-state index < -0.39 is 10.0 Å². The van der Waals surface area contributed by atoms with Gasteiger partial charge in [0.15, 0.2) is 0 Å². The molecule has 0 aliphatic carbocycles. The second kappa shape index (κ2) is 5.57. The summed E-state index contributed by atoms with van der Waals surface area (Å²) in [5, 5.41) is 0. The van der Waals surface area contributed by atoms with Gasteiger partial charge in [-0.3, -0.25) is 4.90 Å². The normalized spacial score (nSPS) is 27.9. The molecular weight excluding hydrogens is 290 g/mol. The third-order valence-corrected chi connectivity index (χ3v) is 5.62. The fourth-order valence-electron chi connectivity index (χ4n) is 3.07. The van der Waals surface area contributed by atoms with E-state index in [0.29, 0.717) is 32.8 Å². The summed E-state index contributed by atoms with van der Waals surface area (Å²) >= 11 is 0. The number of hydrogen-bond acceptors (Lipinski definition) is 5. The van der Waals surface area contributed by atoms with Crippen LogP contribution in [0.25, 0.3) is 0 Å². The molecule has 0 radical (unpaired) electrons. The van der Waals surface area contributed by atoms with Crippen molar-refractivity contribution in [3.05, 3.63) is 29.8 Å². The molecule has 1 aromatic rings. The van der Waals surface area contributed by atoms with E-state index in [0.717, 1.165) is 11.3 Å². The van der Waals surface area contributed by atoms with Gasteiger partial charge in [0.05, 0.1) is 18.3 Å². The minimum atomic E-state index is -3.10. The van der Waals surface area contributed by atoms with E-state index >= 15 is 0 Å². The number of rotatable bonds is 2. The molecule has 1 aromatic carbocycles. The van der Waals surface area contributed by atoms with Gasteiger partial charge in [-0.15, -0.1) is 0 Å². The molecule has 1 saturated heterocycles. The molecule has 6 nitrogen and oxygen atoms in total. The lowest BCUT2D eigenvalue weighted by atomic mass is 9.95.